The Morgan fingerprint density at radius 3 is 2.59 bits per heavy atom. The molecule has 3 rings (SSSR count). The number of amides is 1. The second-order valence-electron chi connectivity index (χ2n) is 6.61. The molecule has 10 heteroatoms. The Kier molecular flexibility index (Phi) is 7.82. The highest BCUT2D eigenvalue weighted by Gasteiger charge is 2.20. The summed E-state index contributed by atoms with van der Waals surface area (Å²) in [6.07, 6.45) is 1.22. The molecule has 2 aromatic carbocycles. The van der Waals surface area contributed by atoms with Crippen LogP contribution in [-0.2, 0) is 11.3 Å². The second-order valence-corrected chi connectivity index (χ2v) is 7.56. The highest BCUT2D eigenvalue weighted by Crippen LogP contribution is 2.27. The fraction of sp³-hybridized carbons (Fsp3) is 0.227. The number of halogens is 2. The van der Waals surface area contributed by atoms with Crippen LogP contribution in [0.3, 0.4) is 0 Å². The number of carbonyl (C=O) groups is 1. The number of para-hydroxylation sites is 1. The van der Waals surface area contributed by atoms with Crippen LogP contribution in [0, 0.1) is 11.6 Å². The van der Waals surface area contributed by atoms with Gasteiger partial charge in [-0.05, 0) is 31.2 Å². The lowest BCUT2D eigenvalue weighted by Crippen LogP contribution is -2.17. The van der Waals surface area contributed by atoms with E-state index in [1.54, 1.807) is 29.9 Å². The topological polar surface area (TPSA) is 78.3 Å². The van der Waals surface area contributed by atoms with E-state index in [0.29, 0.717) is 29.0 Å². The Balaban J connectivity index is 1.69. The van der Waals surface area contributed by atoms with Crippen molar-refractivity contribution in [1.29, 1.82) is 0 Å². The first kappa shape index (κ1) is 23.3. The molecule has 1 heterocycles. The van der Waals surface area contributed by atoms with Gasteiger partial charge in [-0.2, -0.15) is 0 Å². The van der Waals surface area contributed by atoms with Crippen LogP contribution >= 0.6 is 11.8 Å². The predicted molar refractivity (Wildman–Crippen MR) is 118 cm³/mol. The molecule has 1 N–H and O–H groups in total. The first-order valence-electron chi connectivity index (χ1n) is 9.64. The lowest BCUT2D eigenvalue weighted by atomic mass is 10.3. The fourth-order valence-corrected chi connectivity index (χ4v) is 3.62. The number of carbonyl (C=O) groups excluding carboxylic acids is 1. The summed E-state index contributed by atoms with van der Waals surface area (Å²) in [6.45, 7) is 5.96. The monoisotopic (exact) mass is 460 g/mol. The van der Waals surface area contributed by atoms with E-state index in [1.807, 2.05) is 19.1 Å². The zero-order chi connectivity index (χ0) is 23.1. The van der Waals surface area contributed by atoms with Gasteiger partial charge in [-0.1, -0.05) is 30.0 Å². The van der Waals surface area contributed by atoms with Gasteiger partial charge in [0.1, 0.15) is 28.8 Å². The number of hydrogen-bond acceptors (Lipinski definition) is 6. The fourth-order valence-electron chi connectivity index (χ4n) is 2.86. The molecule has 1 atom stereocenters. The summed E-state index contributed by atoms with van der Waals surface area (Å²) in [5.41, 5.74) is -0.480. The quantitative estimate of drug-likeness (QED) is 0.351. The minimum Gasteiger partial charge on any atom is -0.497 e. The minimum atomic E-state index is -0.844. The first-order valence-corrected chi connectivity index (χ1v) is 10.6. The highest BCUT2D eigenvalue weighted by atomic mass is 32.2. The molecular formula is C22H22F2N4O3S. The molecule has 168 valence electrons. The van der Waals surface area contributed by atoms with Crippen LogP contribution in [0.1, 0.15) is 18.9 Å². The van der Waals surface area contributed by atoms with E-state index in [2.05, 4.69) is 22.1 Å². The van der Waals surface area contributed by atoms with Crippen molar-refractivity contribution in [3.63, 3.8) is 0 Å². The summed E-state index contributed by atoms with van der Waals surface area (Å²) in [5, 5.41) is 11.0. The molecular weight excluding hydrogens is 438 g/mol. The van der Waals surface area contributed by atoms with Gasteiger partial charge in [0.2, 0.25) is 5.91 Å². The number of benzene rings is 2. The Bertz CT molecular complexity index is 1090. The van der Waals surface area contributed by atoms with Gasteiger partial charge in [-0.25, -0.2) is 8.78 Å². The number of thioether (sulfide) groups is 1. The van der Waals surface area contributed by atoms with Gasteiger partial charge in [0.05, 0.1) is 12.9 Å². The van der Waals surface area contributed by atoms with Crippen LogP contribution in [0.2, 0.25) is 0 Å². The number of methoxy groups -OCH3 is 1. The Labute approximate surface area is 188 Å². The van der Waals surface area contributed by atoms with Gasteiger partial charge < -0.3 is 14.8 Å². The molecule has 0 spiro atoms. The van der Waals surface area contributed by atoms with E-state index < -0.39 is 29.3 Å². The predicted octanol–water partition coefficient (Wildman–Crippen LogP) is 4.62. The SMILES string of the molecule is C=CCn1c(SCC(=O)Nc2c(F)cccc2F)nnc1C(C)Oc1cccc(OC)c1. The Morgan fingerprint density at radius 1 is 1.22 bits per heavy atom. The van der Waals surface area contributed by atoms with Gasteiger partial charge >= 0.3 is 0 Å². The maximum Gasteiger partial charge on any atom is 0.235 e. The normalized spacial score (nSPS) is 11.6. The Morgan fingerprint density at radius 2 is 1.91 bits per heavy atom. The van der Waals surface area contributed by atoms with Crippen LogP contribution in [0.4, 0.5) is 14.5 Å². The van der Waals surface area contributed by atoms with Gasteiger partial charge in [-0.3, -0.25) is 9.36 Å². The van der Waals surface area contributed by atoms with Gasteiger partial charge in [0, 0.05) is 12.6 Å². The number of nitrogens with one attached hydrogen (secondary N) is 1. The van der Waals surface area contributed by atoms with Gasteiger partial charge in [0.15, 0.2) is 17.1 Å². The summed E-state index contributed by atoms with van der Waals surface area (Å²) in [6, 6.07) is 10.5. The van der Waals surface area contributed by atoms with Crippen LogP contribution in [0.5, 0.6) is 11.5 Å². The molecule has 3 aromatic rings. The van der Waals surface area contributed by atoms with Crippen LogP contribution in [0.15, 0.2) is 60.3 Å². The largest absolute Gasteiger partial charge is 0.497 e. The molecule has 32 heavy (non-hydrogen) atoms. The first-order chi connectivity index (χ1) is 15.4. The third-order valence-corrected chi connectivity index (χ3v) is 5.30. The van der Waals surface area contributed by atoms with Crippen LogP contribution in [0.25, 0.3) is 0 Å². The van der Waals surface area contributed by atoms with E-state index >= 15 is 0 Å². The summed E-state index contributed by atoms with van der Waals surface area (Å²) < 4.78 is 40.4. The molecule has 1 amide bonds. The number of hydrogen-bond donors (Lipinski definition) is 1. The molecule has 0 aliphatic heterocycles. The van der Waals surface area contributed by atoms with Crippen LogP contribution < -0.4 is 14.8 Å². The molecule has 1 unspecified atom stereocenters. The number of aromatic nitrogens is 3. The maximum absolute atomic E-state index is 13.7. The summed E-state index contributed by atoms with van der Waals surface area (Å²) in [7, 11) is 1.57. The molecule has 0 radical (unpaired) electrons. The zero-order valence-electron chi connectivity index (χ0n) is 17.5. The maximum atomic E-state index is 13.7. The number of ether oxygens (including phenoxy) is 2. The smallest absolute Gasteiger partial charge is 0.235 e. The number of nitrogens with zero attached hydrogens (tertiary/aromatic N) is 3. The molecule has 0 fully saturated rings. The van der Waals surface area contributed by atoms with E-state index in [9.17, 15) is 13.6 Å². The van der Waals surface area contributed by atoms with Crippen molar-refractivity contribution in [2.24, 2.45) is 0 Å². The molecule has 1 aromatic heterocycles. The molecule has 7 nitrogen and oxygen atoms in total. The highest BCUT2D eigenvalue weighted by molar-refractivity contribution is 7.99. The van der Waals surface area contributed by atoms with Crippen molar-refractivity contribution in [2.45, 2.75) is 24.7 Å². The summed E-state index contributed by atoms with van der Waals surface area (Å²) >= 11 is 1.09. The number of rotatable bonds is 10. The molecule has 0 aliphatic carbocycles. The lowest BCUT2D eigenvalue weighted by Gasteiger charge is -2.16. The number of anilines is 1. The standard InChI is InChI=1S/C22H22F2N4O3S/c1-4-11-28-21(14(2)31-16-8-5-7-15(12-16)30-3)26-27-22(28)32-13-19(29)25-20-17(23)9-6-10-18(20)24/h4-10,12,14H,1,11,13H2,2-3H3,(H,25,29). The van der Waals surface area contributed by atoms with Crippen molar-refractivity contribution in [3.05, 3.63) is 72.6 Å². The third kappa shape index (κ3) is 5.64. The average Bonchev–Trinajstić information content (AvgIpc) is 3.18. The van der Waals surface area contributed by atoms with Crippen molar-refractivity contribution in [3.8, 4) is 11.5 Å². The van der Waals surface area contributed by atoms with Crippen molar-refractivity contribution >= 4 is 23.4 Å². The van der Waals surface area contributed by atoms with Crippen molar-refractivity contribution < 1.29 is 23.0 Å². The molecule has 0 saturated carbocycles. The van der Waals surface area contributed by atoms with E-state index in [-0.39, 0.29) is 5.75 Å². The second kappa shape index (κ2) is 10.8. The van der Waals surface area contributed by atoms with Crippen molar-refractivity contribution in [2.75, 3.05) is 18.2 Å². The Hall–Kier alpha value is -3.40. The number of allylic oxidation sites excluding steroid dienone is 1. The van der Waals surface area contributed by atoms with E-state index in [1.165, 1.54) is 6.07 Å². The van der Waals surface area contributed by atoms with E-state index in [4.69, 9.17) is 9.47 Å². The summed E-state index contributed by atoms with van der Waals surface area (Å²) in [5.74, 6) is -0.576. The van der Waals surface area contributed by atoms with Gasteiger partial charge in [0.25, 0.3) is 0 Å². The third-order valence-electron chi connectivity index (χ3n) is 4.33. The molecule has 0 aliphatic rings. The van der Waals surface area contributed by atoms with Crippen LogP contribution in [-0.4, -0.2) is 33.5 Å². The average molecular weight is 461 g/mol. The minimum absolute atomic E-state index is 0.117. The molecule has 0 bridgehead atoms. The lowest BCUT2D eigenvalue weighted by molar-refractivity contribution is -0.113. The van der Waals surface area contributed by atoms with Crippen molar-refractivity contribution in [1.82, 2.24) is 14.8 Å². The zero-order valence-corrected chi connectivity index (χ0v) is 18.4. The van der Waals surface area contributed by atoms with E-state index in [0.717, 1.165) is 23.9 Å². The van der Waals surface area contributed by atoms with Gasteiger partial charge in [-0.15, -0.1) is 16.8 Å². The molecule has 0 saturated heterocycles. The summed E-state index contributed by atoms with van der Waals surface area (Å²) in [4.78, 5) is 12.2.